The Bertz CT molecular complexity index is 348. The number of hydrogen-bond donors (Lipinski definition) is 1. The normalized spacial score (nSPS) is 31.0. The minimum Gasteiger partial charge on any atom is -0.393 e. The van der Waals surface area contributed by atoms with E-state index < -0.39 is 31.4 Å². The van der Waals surface area contributed by atoms with Gasteiger partial charge in [-0.1, -0.05) is 6.42 Å². The molecule has 7 heteroatoms. The summed E-state index contributed by atoms with van der Waals surface area (Å²) < 4.78 is 40.4. The van der Waals surface area contributed by atoms with Gasteiger partial charge < -0.3 is 14.7 Å². The van der Waals surface area contributed by atoms with Gasteiger partial charge in [-0.25, -0.2) is 0 Å². The van der Waals surface area contributed by atoms with Crippen LogP contribution in [0.5, 0.6) is 0 Å². The highest BCUT2D eigenvalue weighted by Gasteiger charge is 2.40. The molecular weight excluding hydrogens is 275 g/mol. The summed E-state index contributed by atoms with van der Waals surface area (Å²) in [5.41, 5.74) is 0. The van der Waals surface area contributed by atoms with Crippen LogP contribution in [0.15, 0.2) is 0 Å². The van der Waals surface area contributed by atoms with Gasteiger partial charge in [-0.05, 0) is 25.7 Å². The fourth-order valence-corrected chi connectivity index (χ4v) is 3.30. The molecule has 0 bridgehead atoms. The lowest BCUT2D eigenvalue weighted by atomic mass is 9.94. The third-order valence-electron chi connectivity index (χ3n) is 4.14. The van der Waals surface area contributed by atoms with Gasteiger partial charge in [0.05, 0.1) is 6.10 Å². The Hall–Kier alpha value is -0.820. The molecule has 4 nitrogen and oxygen atoms in total. The van der Waals surface area contributed by atoms with Crippen molar-refractivity contribution in [3.8, 4) is 0 Å². The van der Waals surface area contributed by atoms with Crippen LogP contribution in [0.2, 0.25) is 0 Å². The largest absolute Gasteiger partial charge is 0.411 e. The van der Waals surface area contributed by atoms with Crippen LogP contribution >= 0.6 is 0 Å². The zero-order chi connectivity index (χ0) is 14.8. The van der Waals surface area contributed by atoms with Crippen LogP contribution in [-0.4, -0.2) is 54.0 Å². The number of carbonyl (C=O) groups is 1. The van der Waals surface area contributed by atoms with Gasteiger partial charge in [-0.2, -0.15) is 13.2 Å². The third kappa shape index (κ3) is 3.85. The van der Waals surface area contributed by atoms with E-state index in [0.29, 0.717) is 6.54 Å². The first kappa shape index (κ1) is 15.6. The Kier molecular flexibility index (Phi) is 4.90. The molecule has 116 valence electrons. The zero-order valence-corrected chi connectivity index (χ0v) is 11.2. The number of carbonyl (C=O) groups excluding carboxylic acids is 1. The molecule has 20 heavy (non-hydrogen) atoms. The van der Waals surface area contributed by atoms with Crippen LogP contribution in [-0.2, 0) is 9.53 Å². The summed E-state index contributed by atoms with van der Waals surface area (Å²) in [7, 11) is 0. The summed E-state index contributed by atoms with van der Waals surface area (Å²) in [6.07, 6.45) is -0.607. The number of likely N-dealkylation sites (tertiary alicyclic amines) is 1. The number of nitrogens with zero attached hydrogens (tertiary/aromatic N) is 1. The van der Waals surface area contributed by atoms with Crippen molar-refractivity contribution < 1.29 is 27.8 Å². The minimum atomic E-state index is -4.41. The highest BCUT2D eigenvalue weighted by atomic mass is 19.4. The molecule has 0 aromatic heterocycles. The maximum Gasteiger partial charge on any atom is 0.411 e. The topological polar surface area (TPSA) is 49.8 Å². The highest BCUT2D eigenvalue weighted by Crippen LogP contribution is 2.35. The van der Waals surface area contributed by atoms with Gasteiger partial charge in [-0.3, -0.25) is 4.79 Å². The summed E-state index contributed by atoms with van der Waals surface area (Å²) in [6.45, 7) is -1.40. The summed E-state index contributed by atoms with van der Waals surface area (Å²) in [5.74, 6) is -0.347. The second-order valence-electron chi connectivity index (χ2n) is 5.57. The maximum absolute atomic E-state index is 12.0. The SMILES string of the molecule is O=C(COCC(F)(F)F)N1CCCC1C1CCCC1O. The van der Waals surface area contributed by atoms with E-state index in [4.69, 9.17) is 0 Å². The molecule has 0 spiro atoms. The summed E-state index contributed by atoms with van der Waals surface area (Å²) in [4.78, 5) is 13.5. The van der Waals surface area contributed by atoms with Crippen LogP contribution in [0.3, 0.4) is 0 Å². The number of alkyl halides is 3. The maximum atomic E-state index is 12.0. The number of halogens is 3. The molecule has 2 rings (SSSR count). The highest BCUT2D eigenvalue weighted by molar-refractivity contribution is 5.78. The van der Waals surface area contributed by atoms with Crippen LogP contribution < -0.4 is 0 Å². The number of aliphatic hydroxyl groups is 1. The van der Waals surface area contributed by atoms with Crippen molar-refractivity contribution in [3.63, 3.8) is 0 Å². The van der Waals surface area contributed by atoms with Crippen LogP contribution in [0.25, 0.3) is 0 Å². The molecule has 3 unspecified atom stereocenters. The molecule has 2 fully saturated rings. The van der Waals surface area contributed by atoms with Crippen LogP contribution in [0.4, 0.5) is 13.2 Å². The van der Waals surface area contributed by atoms with E-state index >= 15 is 0 Å². The van der Waals surface area contributed by atoms with Crippen LogP contribution in [0.1, 0.15) is 32.1 Å². The Morgan fingerprint density at radius 1 is 1.25 bits per heavy atom. The van der Waals surface area contributed by atoms with Gasteiger partial charge in [0.25, 0.3) is 0 Å². The Labute approximate surface area is 115 Å². The molecular formula is C13H20F3NO3. The van der Waals surface area contributed by atoms with Gasteiger partial charge >= 0.3 is 6.18 Å². The van der Waals surface area contributed by atoms with E-state index in [2.05, 4.69) is 4.74 Å². The number of hydrogen-bond acceptors (Lipinski definition) is 3. The van der Waals surface area contributed by atoms with Gasteiger partial charge in [0.1, 0.15) is 13.2 Å². The predicted octanol–water partition coefficient (Wildman–Crippen LogP) is 1.72. The lowest BCUT2D eigenvalue weighted by Gasteiger charge is -2.31. The Morgan fingerprint density at radius 2 is 2.00 bits per heavy atom. The van der Waals surface area contributed by atoms with E-state index in [9.17, 15) is 23.1 Å². The minimum absolute atomic E-state index is 0.0468. The second-order valence-corrected chi connectivity index (χ2v) is 5.57. The Balaban J connectivity index is 1.85. The third-order valence-corrected chi connectivity index (χ3v) is 4.14. The van der Waals surface area contributed by atoms with Crippen molar-refractivity contribution in [3.05, 3.63) is 0 Å². The van der Waals surface area contributed by atoms with E-state index in [1.54, 1.807) is 4.90 Å². The molecule has 1 heterocycles. The molecule has 1 saturated heterocycles. The standard InChI is InChI=1S/C13H20F3NO3/c14-13(15,16)8-20-7-12(19)17-6-2-4-10(17)9-3-1-5-11(9)18/h9-11,18H,1-8H2. The van der Waals surface area contributed by atoms with Crippen molar-refractivity contribution in [1.82, 2.24) is 4.90 Å². The first-order valence-electron chi connectivity index (χ1n) is 7.00. The lowest BCUT2D eigenvalue weighted by Crippen LogP contribution is -2.44. The molecule has 3 atom stereocenters. The molecule has 1 amide bonds. The lowest BCUT2D eigenvalue weighted by molar-refractivity contribution is -0.178. The van der Waals surface area contributed by atoms with Gasteiger partial charge in [0.2, 0.25) is 5.91 Å². The molecule has 0 aromatic rings. The smallest absolute Gasteiger partial charge is 0.393 e. The quantitative estimate of drug-likeness (QED) is 0.859. The number of aliphatic hydroxyl groups excluding tert-OH is 1. The summed E-state index contributed by atoms with van der Waals surface area (Å²) >= 11 is 0. The predicted molar refractivity (Wildman–Crippen MR) is 65.0 cm³/mol. The summed E-state index contributed by atoms with van der Waals surface area (Å²) in [6, 6.07) is -0.0468. The zero-order valence-electron chi connectivity index (χ0n) is 11.2. The second kappa shape index (κ2) is 6.30. The van der Waals surface area contributed by atoms with Crippen molar-refractivity contribution in [2.75, 3.05) is 19.8 Å². The molecule has 1 N–H and O–H groups in total. The number of rotatable bonds is 4. The van der Waals surface area contributed by atoms with Gasteiger partial charge in [0.15, 0.2) is 0 Å². The monoisotopic (exact) mass is 295 g/mol. The van der Waals surface area contributed by atoms with Crippen molar-refractivity contribution in [2.45, 2.75) is 50.4 Å². The molecule has 0 radical (unpaired) electrons. The number of amides is 1. The van der Waals surface area contributed by atoms with Crippen LogP contribution in [0, 0.1) is 5.92 Å². The summed E-state index contributed by atoms with van der Waals surface area (Å²) in [5, 5.41) is 9.91. The molecule has 1 aliphatic carbocycles. The average molecular weight is 295 g/mol. The fourth-order valence-electron chi connectivity index (χ4n) is 3.30. The number of ether oxygens (including phenoxy) is 1. The average Bonchev–Trinajstić information content (AvgIpc) is 2.94. The fraction of sp³-hybridized carbons (Fsp3) is 0.923. The van der Waals surface area contributed by atoms with E-state index in [-0.39, 0.29) is 12.0 Å². The molecule has 1 saturated carbocycles. The molecule has 2 aliphatic rings. The van der Waals surface area contributed by atoms with Gasteiger partial charge in [0, 0.05) is 18.5 Å². The van der Waals surface area contributed by atoms with E-state index in [1.165, 1.54) is 0 Å². The van der Waals surface area contributed by atoms with Crippen molar-refractivity contribution in [2.24, 2.45) is 5.92 Å². The molecule has 0 aromatic carbocycles. The van der Waals surface area contributed by atoms with E-state index in [1.807, 2.05) is 0 Å². The van der Waals surface area contributed by atoms with Crippen molar-refractivity contribution in [1.29, 1.82) is 0 Å². The van der Waals surface area contributed by atoms with E-state index in [0.717, 1.165) is 32.1 Å². The first-order valence-corrected chi connectivity index (χ1v) is 7.00. The molecule has 1 aliphatic heterocycles. The first-order chi connectivity index (χ1) is 9.38. The van der Waals surface area contributed by atoms with Crippen molar-refractivity contribution >= 4 is 5.91 Å². The van der Waals surface area contributed by atoms with Gasteiger partial charge in [-0.15, -0.1) is 0 Å². The Morgan fingerprint density at radius 3 is 2.60 bits per heavy atom.